The third kappa shape index (κ3) is 8.94. The van der Waals surface area contributed by atoms with Crippen molar-refractivity contribution in [3.05, 3.63) is 0 Å². The molecule has 0 rings (SSSR count). The van der Waals surface area contributed by atoms with Crippen LogP contribution in [0.3, 0.4) is 0 Å². The highest BCUT2D eigenvalue weighted by molar-refractivity contribution is 4.68. The van der Waals surface area contributed by atoms with Gasteiger partial charge >= 0.3 is 6.18 Å². The largest absolute Gasteiger partial charge is 0.401 e. The smallest absolute Gasteiger partial charge is 0.318 e. The van der Waals surface area contributed by atoms with Crippen LogP contribution in [0.15, 0.2) is 0 Å². The Balaban J connectivity index is 3.78. The molecule has 0 bridgehead atoms. The van der Waals surface area contributed by atoms with Crippen LogP contribution in [0.4, 0.5) is 13.2 Å². The molecule has 0 amide bonds. The summed E-state index contributed by atoms with van der Waals surface area (Å²) in [5.74, 6) is 0. The normalized spacial score (nSPS) is 12.8. The summed E-state index contributed by atoms with van der Waals surface area (Å²) in [6.45, 7) is 5.31. The lowest BCUT2D eigenvalue weighted by molar-refractivity contribution is -0.149. The van der Waals surface area contributed by atoms with Crippen LogP contribution in [0, 0.1) is 0 Å². The molecule has 2 N–H and O–H groups in total. The van der Waals surface area contributed by atoms with Gasteiger partial charge in [0.15, 0.2) is 0 Å². The molecule has 0 saturated heterocycles. The van der Waals surface area contributed by atoms with E-state index in [0.29, 0.717) is 13.1 Å². The quantitative estimate of drug-likeness (QED) is 0.622. The van der Waals surface area contributed by atoms with E-state index in [1.54, 1.807) is 13.8 Å². The maximum Gasteiger partial charge on any atom is 0.401 e. The molecule has 0 radical (unpaired) electrons. The standard InChI is InChI=1S/C10H22F3N3/c1-9(2)16(8-10(11,12)13)7-6-15-5-4-14-3/h9,14-15H,4-8H2,1-3H3. The van der Waals surface area contributed by atoms with Crippen LogP contribution >= 0.6 is 0 Å². The van der Waals surface area contributed by atoms with E-state index >= 15 is 0 Å². The molecule has 6 heteroatoms. The van der Waals surface area contributed by atoms with Crippen LogP contribution in [-0.4, -0.2) is 56.9 Å². The van der Waals surface area contributed by atoms with E-state index < -0.39 is 12.7 Å². The number of nitrogens with one attached hydrogen (secondary N) is 2. The second-order valence-electron chi connectivity index (χ2n) is 4.03. The number of likely N-dealkylation sites (N-methyl/N-ethyl adjacent to an activating group) is 1. The minimum atomic E-state index is -4.12. The molecule has 0 saturated carbocycles. The molecule has 0 aliphatic carbocycles. The molecule has 0 aromatic heterocycles. The van der Waals surface area contributed by atoms with Crippen LogP contribution in [0.5, 0.6) is 0 Å². The molecule has 0 aliphatic heterocycles. The zero-order valence-electron chi connectivity index (χ0n) is 10.2. The van der Waals surface area contributed by atoms with Crippen LogP contribution in [0.25, 0.3) is 0 Å². The lowest BCUT2D eigenvalue weighted by Gasteiger charge is -2.27. The first-order valence-electron chi connectivity index (χ1n) is 5.53. The Hall–Kier alpha value is -0.330. The zero-order valence-corrected chi connectivity index (χ0v) is 10.2. The SMILES string of the molecule is CNCCNCCN(CC(F)(F)F)C(C)C. The second kappa shape index (κ2) is 7.86. The topological polar surface area (TPSA) is 27.3 Å². The van der Waals surface area contributed by atoms with Gasteiger partial charge in [-0.05, 0) is 20.9 Å². The highest BCUT2D eigenvalue weighted by Crippen LogP contribution is 2.17. The predicted octanol–water partition coefficient (Wildman–Crippen LogP) is 1.07. The van der Waals surface area contributed by atoms with Crippen LogP contribution in [0.2, 0.25) is 0 Å². The predicted molar refractivity (Wildman–Crippen MR) is 59.6 cm³/mol. The van der Waals surface area contributed by atoms with Crippen molar-refractivity contribution >= 4 is 0 Å². The Morgan fingerprint density at radius 1 is 1.12 bits per heavy atom. The molecule has 0 unspecified atom stereocenters. The van der Waals surface area contributed by atoms with Gasteiger partial charge < -0.3 is 10.6 Å². The van der Waals surface area contributed by atoms with Gasteiger partial charge in [-0.25, -0.2) is 0 Å². The molecule has 0 aliphatic rings. The Labute approximate surface area is 95.4 Å². The molecule has 0 fully saturated rings. The van der Waals surface area contributed by atoms with Crippen molar-refractivity contribution in [1.82, 2.24) is 15.5 Å². The van der Waals surface area contributed by atoms with Gasteiger partial charge in [0.05, 0.1) is 6.54 Å². The van der Waals surface area contributed by atoms with Gasteiger partial charge in [-0.1, -0.05) is 0 Å². The average Bonchev–Trinajstić information content (AvgIpc) is 2.13. The van der Waals surface area contributed by atoms with E-state index in [2.05, 4.69) is 10.6 Å². The number of alkyl halides is 3. The Bertz CT molecular complexity index is 171. The summed E-state index contributed by atoms with van der Waals surface area (Å²) >= 11 is 0. The van der Waals surface area contributed by atoms with E-state index in [0.717, 1.165) is 13.1 Å². The van der Waals surface area contributed by atoms with E-state index in [4.69, 9.17) is 0 Å². The zero-order chi connectivity index (χ0) is 12.6. The van der Waals surface area contributed by atoms with Crippen molar-refractivity contribution in [2.24, 2.45) is 0 Å². The fourth-order valence-electron chi connectivity index (χ4n) is 1.31. The Morgan fingerprint density at radius 3 is 2.19 bits per heavy atom. The van der Waals surface area contributed by atoms with Gasteiger partial charge in [-0.3, -0.25) is 4.90 Å². The van der Waals surface area contributed by atoms with E-state index in [9.17, 15) is 13.2 Å². The molecule has 3 nitrogen and oxygen atoms in total. The van der Waals surface area contributed by atoms with Gasteiger partial charge in [0.2, 0.25) is 0 Å². The van der Waals surface area contributed by atoms with Gasteiger partial charge in [0.25, 0.3) is 0 Å². The minimum Gasteiger partial charge on any atom is -0.318 e. The monoisotopic (exact) mass is 241 g/mol. The van der Waals surface area contributed by atoms with Crippen LogP contribution < -0.4 is 10.6 Å². The maximum absolute atomic E-state index is 12.2. The van der Waals surface area contributed by atoms with Gasteiger partial charge in [-0.15, -0.1) is 0 Å². The average molecular weight is 241 g/mol. The molecule has 0 aromatic carbocycles. The molecule has 0 heterocycles. The fourth-order valence-corrected chi connectivity index (χ4v) is 1.31. The first-order chi connectivity index (χ1) is 7.37. The van der Waals surface area contributed by atoms with Crippen molar-refractivity contribution in [2.45, 2.75) is 26.1 Å². The summed E-state index contributed by atoms with van der Waals surface area (Å²) in [5.41, 5.74) is 0. The van der Waals surface area contributed by atoms with Crippen LogP contribution in [-0.2, 0) is 0 Å². The first-order valence-corrected chi connectivity index (χ1v) is 5.53. The molecular formula is C10H22F3N3. The third-order valence-electron chi connectivity index (χ3n) is 2.24. The van der Waals surface area contributed by atoms with Crippen molar-refractivity contribution < 1.29 is 13.2 Å². The summed E-state index contributed by atoms with van der Waals surface area (Å²) in [6.07, 6.45) is -4.12. The number of hydrogen-bond donors (Lipinski definition) is 2. The Morgan fingerprint density at radius 2 is 1.75 bits per heavy atom. The molecule has 0 atom stereocenters. The van der Waals surface area contributed by atoms with Gasteiger partial charge in [0.1, 0.15) is 0 Å². The summed E-state index contributed by atoms with van der Waals surface area (Å²) in [7, 11) is 1.84. The number of nitrogens with zero attached hydrogens (tertiary/aromatic N) is 1. The summed E-state index contributed by atoms with van der Waals surface area (Å²) in [6, 6.07) is -0.0901. The Kier molecular flexibility index (Phi) is 7.70. The van der Waals surface area contributed by atoms with E-state index in [1.807, 2.05) is 7.05 Å². The molecule has 98 valence electrons. The van der Waals surface area contributed by atoms with E-state index in [-0.39, 0.29) is 6.04 Å². The van der Waals surface area contributed by atoms with Crippen LogP contribution in [0.1, 0.15) is 13.8 Å². The summed E-state index contributed by atoms with van der Waals surface area (Å²) < 4.78 is 36.7. The molecule has 16 heavy (non-hydrogen) atoms. The van der Waals surface area contributed by atoms with Crippen molar-refractivity contribution in [1.29, 1.82) is 0 Å². The van der Waals surface area contributed by atoms with Crippen molar-refractivity contribution in [2.75, 3.05) is 39.8 Å². The van der Waals surface area contributed by atoms with Crippen molar-refractivity contribution in [3.8, 4) is 0 Å². The lowest BCUT2D eigenvalue weighted by atomic mass is 10.3. The van der Waals surface area contributed by atoms with E-state index in [1.165, 1.54) is 4.90 Å². The minimum absolute atomic E-state index is 0.0901. The molecular weight excluding hydrogens is 219 g/mol. The molecule has 0 spiro atoms. The molecule has 0 aromatic rings. The van der Waals surface area contributed by atoms with Gasteiger partial charge in [0, 0.05) is 32.2 Å². The lowest BCUT2D eigenvalue weighted by Crippen LogP contribution is -2.43. The van der Waals surface area contributed by atoms with Gasteiger partial charge in [-0.2, -0.15) is 13.2 Å². The number of halogens is 3. The summed E-state index contributed by atoms with van der Waals surface area (Å²) in [4.78, 5) is 1.42. The third-order valence-corrected chi connectivity index (χ3v) is 2.24. The number of rotatable bonds is 8. The van der Waals surface area contributed by atoms with Crippen molar-refractivity contribution in [3.63, 3.8) is 0 Å². The summed E-state index contributed by atoms with van der Waals surface area (Å²) in [5, 5.41) is 6.05. The second-order valence-corrected chi connectivity index (χ2v) is 4.03. The highest BCUT2D eigenvalue weighted by atomic mass is 19.4. The maximum atomic E-state index is 12.2. The fraction of sp³-hybridized carbons (Fsp3) is 1.00. The first kappa shape index (κ1) is 15.7. The number of hydrogen-bond acceptors (Lipinski definition) is 3. The highest BCUT2D eigenvalue weighted by Gasteiger charge is 2.31.